The number of fused-ring (bicyclic) bond motifs is 1. The van der Waals surface area contributed by atoms with Crippen LogP contribution in [0, 0.1) is 6.92 Å². The van der Waals surface area contributed by atoms with Crippen molar-refractivity contribution in [3.05, 3.63) is 47.5 Å². The summed E-state index contributed by atoms with van der Waals surface area (Å²) in [6.45, 7) is 6.01. The maximum Gasteiger partial charge on any atom is 0.255 e. The minimum Gasteiger partial charge on any atom is -0.491 e. The number of rotatable bonds is 5. The molecule has 1 N–H and O–H groups in total. The average molecular weight is 341 g/mol. The molecule has 1 amide bonds. The molecule has 0 saturated carbocycles. The van der Waals surface area contributed by atoms with Gasteiger partial charge in [0.15, 0.2) is 0 Å². The predicted octanol–water partition coefficient (Wildman–Crippen LogP) is 4.43. The zero-order chi connectivity index (χ0) is 17.1. The van der Waals surface area contributed by atoms with Crippen LogP contribution in [0.3, 0.4) is 0 Å². The first-order valence-electron chi connectivity index (χ1n) is 7.88. The van der Waals surface area contributed by atoms with Gasteiger partial charge in [-0.25, -0.2) is 0 Å². The molecule has 0 aliphatic rings. The molecule has 0 saturated heterocycles. The quantitative estimate of drug-likeness (QED) is 0.745. The van der Waals surface area contributed by atoms with Crippen molar-refractivity contribution in [3.63, 3.8) is 0 Å². The van der Waals surface area contributed by atoms with E-state index in [4.69, 9.17) is 4.74 Å². The normalized spacial score (nSPS) is 12.1. The Morgan fingerprint density at radius 3 is 2.92 bits per heavy atom. The Hall–Kier alpha value is -2.47. The number of hydrogen-bond acceptors (Lipinski definition) is 5. The molecule has 0 fully saturated rings. The molecule has 0 bridgehead atoms. The fraction of sp³-hybridized carbons (Fsp3) is 0.278. The Bertz CT molecular complexity index is 876. The highest BCUT2D eigenvalue weighted by molar-refractivity contribution is 7.00. The molecule has 5 nitrogen and oxygen atoms in total. The molecule has 1 atom stereocenters. The summed E-state index contributed by atoms with van der Waals surface area (Å²) in [7, 11) is 0. The highest BCUT2D eigenvalue weighted by Gasteiger charge is 2.14. The van der Waals surface area contributed by atoms with E-state index in [0.29, 0.717) is 17.0 Å². The van der Waals surface area contributed by atoms with Gasteiger partial charge in [0.1, 0.15) is 16.8 Å². The number of nitrogens with one attached hydrogen (secondary N) is 1. The van der Waals surface area contributed by atoms with Crippen molar-refractivity contribution in [2.75, 3.05) is 5.32 Å². The third-order valence-electron chi connectivity index (χ3n) is 3.88. The van der Waals surface area contributed by atoms with Crippen LogP contribution < -0.4 is 10.1 Å². The zero-order valence-corrected chi connectivity index (χ0v) is 14.7. The maximum atomic E-state index is 12.6. The summed E-state index contributed by atoms with van der Waals surface area (Å²) in [6, 6.07) is 11.1. The number of aryl methyl sites for hydroxylation is 1. The lowest BCUT2D eigenvalue weighted by Gasteiger charge is -2.14. The first kappa shape index (κ1) is 16.4. The van der Waals surface area contributed by atoms with Gasteiger partial charge in [0.25, 0.3) is 5.91 Å². The molecular formula is C18H19N3O2S. The van der Waals surface area contributed by atoms with E-state index >= 15 is 0 Å². The number of carbonyl (C=O) groups is 1. The van der Waals surface area contributed by atoms with E-state index in [2.05, 4.69) is 21.0 Å². The monoisotopic (exact) mass is 341 g/mol. The second kappa shape index (κ2) is 6.97. The summed E-state index contributed by atoms with van der Waals surface area (Å²) in [5, 5.41) is 2.96. The van der Waals surface area contributed by atoms with Crippen molar-refractivity contribution >= 4 is 34.4 Å². The van der Waals surface area contributed by atoms with Crippen LogP contribution in [0.4, 0.5) is 5.69 Å². The molecule has 2 aromatic carbocycles. The highest BCUT2D eigenvalue weighted by Crippen LogP contribution is 2.26. The van der Waals surface area contributed by atoms with Gasteiger partial charge in [-0.2, -0.15) is 8.75 Å². The number of ether oxygens (including phenoxy) is 1. The lowest BCUT2D eigenvalue weighted by atomic mass is 10.1. The smallest absolute Gasteiger partial charge is 0.255 e. The molecule has 1 aromatic heterocycles. The Labute approximate surface area is 145 Å². The predicted molar refractivity (Wildman–Crippen MR) is 96.9 cm³/mol. The molecule has 3 rings (SSSR count). The minimum absolute atomic E-state index is 0.111. The topological polar surface area (TPSA) is 64.1 Å². The van der Waals surface area contributed by atoms with E-state index in [1.807, 2.05) is 38.1 Å². The van der Waals surface area contributed by atoms with Crippen molar-refractivity contribution in [2.24, 2.45) is 0 Å². The summed E-state index contributed by atoms with van der Waals surface area (Å²) in [5.74, 6) is 0.510. The molecular weight excluding hydrogens is 322 g/mol. The van der Waals surface area contributed by atoms with Gasteiger partial charge in [-0.15, -0.1) is 0 Å². The molecule has 124 valence electrons. The van der Waals surface area contributed by atoms with Crippen molar-refractivity contribution in [3.8, 4) is 5.75 Å². The first-order valence-corrected chi connectivity index (χ1v) is 8.61. The van der Waals surface area contributed by atoms with E-state index < -0.39 is 0 Å². The Balaban J connectivity index is 1.85. The Morgan fingerprint density at radius 2 is 2.12 bits per heavy atom. The van der Waals surface area contributed by atoms with Crippen LogP contribution in [0.2, 0.25) is 0 Å². The molecule has 0 unspecified atom stereocenters. The lowest BCUT2D eigenvalue weighted by molar-refractivity contribution is 0.102. The fourth-order valence-electron chi connectivity index (χ4n) is 2.32. The minimum atomic E-state index is -0.187. The van der Waals surface area contributed by atoms with Crippen LogP contribution >= 0.6 is 11.7 Å². The highest BCUT2D eigenvalue weighted by atomic mass is 32.1. The molecule has 0 aliphatic heterocycles. The molecule has 6 heteroatoms. The molecule has 24 heavy (non-hydrogen) atoms. The molecule has 1 heterocycles. The van der Waals surface area contributed by atoms with Gasteiger partial charge >= 0.3 is 0 Å². The summed E-state index contributed by atoms with van der Waals surface area (Å²) < 4.78 is 14.3. The Kier molecular flexibility index (Phi) is 4.76. The van der Waals surface area contributed by atoms with Crippen LogP contribution in [0.25, 0.3) is 11.0 Å². The average Bonchev–Trinajstić information content (AvgIpc) is 3.06. The number of carbonyl (C=O) groups excluding carboxylic acids is 1. The molecule has 0 radical (unpaired) electrons. The number of anilines is 1. The maximum absolute atomic E-state index is 12.6. The lowest BCUT2D eigenvalue weighted by Crippen LogP contribution is -2.14. The van der Waals surface area contributed by atoms with E-state index in [1.54, 1.807) is 12.1 Å². The van der Waals surface area contributed by atoms with Crippen molar-refractivity contribution in [2.45, 2.75) is 33.3 Å². The van der Waals surface area contributed by atoms with E-state index in [-0.39, 0.29) is 12.0 Å². The van der Waals surface area contributed by atoms with Crippen LogP contribution in [0.5, 0.6) is 5.75 Å². The third kappa shape index (κ3) is 3.38. The van der Waals surface area contributed by atoms with Crippen molar-refractivity contribution in [1.82, 2.24) is 8.75 Å². The van der Waals surface area contributed by atoms with Gasteiger partial charge in [-0.3, -0.25) is 4.79 Å². The number of benzene rings is 2. The number of amides is 1. The van der Waals surface area contributed by atoms with Gasteiger partial charge in [-0.1, -0.05) is 19.1 Å². The van der Waals surface area contributed by atoms with Gasteiger partial charge in [0.2, 0.25) is 0 Å². The van der Waals surface area contributed by atoms with Gasteiger partial charge < -0.3 is 10.1 Å². The largest absolute Gasteiger partial charge is 0.491 e. The van der Waals surface area contributed by atoms with Crippen molar-refractivity contribution in [1.29, 1.82) is 0 Å². The third-order valence-corrected chi connectivity index (χ3v) is 4.43. The van der Waals surface area contributed by atoms with E-state index in [9.17, 15) is 4.79 Å². The second-order valence-electron chi connectivity index (χ2n) is 5.71. The number of hydrogen-bond donors (Lipinski definition) is 1. The van der Waals surface area contributed by atoms with Gasteiger partial charge in [0.05, 0.1) is 23.5 Å². The molecule has 0 spiro atoms. The summed E-state index contributed by atoms with van der Waals surface area (Å²) >= 11 is 1.14. The van der Waals surface area contributed by atoms with Gasteiger partial charge in [-0.05, 0) is 50.1 Å². The van der Waals surface area contributed by atoms with Crippen LogP contribution in [-0.2, 0) is 0 Å². The fourth-order valence-corrected chi connectivity index (χ4v) is 2.86. The van der Waals surface area contributed by atoms with Crippen molar-refractivity contribution < 1.29 is 9.53 Å². The van der Waals surface area contributed by atoms with Crippen LogP contribution in [0.15, 0.2) is 36.4 Å². The van der Waals surface area contributed by atoms with Crippen LogP contribution in [-0.4, -0.2) is 20.8 Å². The summed E-state index contributed by atoms with van der Waals surface area (Å²) in [4.78, 5) is 12.6. The second-order valence-corrected chi connectivity index (χ2v) is 6.24. The van der Waals surface area contributed by atoms with Gasteiger partial charge in [0, 0.05) is 5.56 Å². The molecule has 3 aromatic rings. The standard InChI is InChI=1S/C18H19N3O2S/c1-4-12(3)23-14-7-5-6-13(10-14)18(22)19-16-11(2)8-9-15-17(16)21-24-20-15/h5-10,12H,4H2,1-3H3,(H,19,22)/t12-/m0/s1. The SMILES string of the molecule is CC[C@H](C)Oc1cccc(C(=O)Nc2c(C)ccc3nsnc23)c1. The Morgan fingerprint density at radius 1 is 1.29 bits per heavy atom. The summed E-state index contributed by atoms with van der Waals surface area (Å²) in [5.41, 5.74) is 3.72. The summed E-state index contributed by atoms with van der Waals surface area (Å²) in [6.07, 6.45) is 1.02. The van der Waals surface area contributed by atoms with E-state index in [1.165, 1.54) is 0 Å². The van der Waals surface area contributed by atoms with Crippen LogP contribution in [0.1, 0.15) is 36.2 Å². The number of aromatic nitrogens is 2. The first-order chi connectivity index (χ1) is 11.6. The zero-order valence-electron chi connectivity index (χ0n) is 13.9. The number of nitrogens with zero attached hydrogens (tertiary/aromatic N) is 2. The van der Waals surface area contributed by atoms with E-state index in [0.717, 1.165) is 34.7 Å². The molecule has 0 aliphatic carbocycles.